The van der Waals surface area contributed by atoms with Crippen LogP contribution in [0.4, 0.5) is 5.69 Å². The quantitative estimate of drug-likeness (QED) is 0.857. The summed E-state index contributed by atoms with van der Waals surface area (Å²) in [6.07, 6.45) is 1.70. The first-order chi connectivity index (χ1) is 8.74. The second kappa shape index (κ2) is 5.98. The van der Waals surface area contributed by atoms with E-state index >= 15 is 0 Å². The Bertz CT molecular complexity index is 402. The highest BCUT2D eigenvalue weighted by atomic mass is 16.5. The van der Waals surface area contributed by atoms with Crippen molar-refractivity contribution in [2.75, 3.05) is 11.9 Å². The maximum absolute atomic E-state index is 12.1. The summed E-state index contributed by atoms with van der Waals surface area (Å²) in [5, 5.41) is 11.8. The van der Waals surface area contributed by atoms with Gasteiger partial charge in [-0.25, -0.2) is 0 Å². The van der Waals surface area contributed by atoms with Gasteiger partial charge in [0.2, 0.25) is 5.91 Å². The Morgan fingerprint density at radius 3 is 2.78 bits per heavy atom. The van der Waals surface area contributed by atoms with E-state index in [1.807, 2.05) is 6.92 Å². The number of hydrogen-bond acceptors (Lipinski definition) is 3. The van der Waals surface area contributed by atoms with Crippen LogP contribution in [-0.2, 0) is 16.1 Å². The van der Waals surface area contributed by atoms with Gasteiger partial charge >= 0.3 is 0 Å². The Labute approximate surface area is 107 Å². The van der Waals surface area contributed by atoms with Gasteiger partial charge in [-0.3, -0.25) is 4.79 Å². The largest absolute Gasteiger partial charge is 0.392 e. The van der Waals surface area contributed by atoms with E-state index in [9.17, 15) is 4.79 Å². The number of nitrogens with one attached hydrogen (secondary N) is 1. The van der Waals surface area contributed by atoms with Crippen LogP contribution in [-0.4, -0.2) is 23.7 Å². The standard InChI is InChI=1S/C14H19NO3/c1-2-13-12(7-8-18-13)14(17)15-11-5-3-10(9-16)4-6-11/h3-6,12-13,16H,2,7-9H2,1H3,(H,15,17). The highest BCUT2D eigenvalue weighted by Crippen LogP contribution is 2.24. The molecule has 4 heteroatoms. The predicted octanol–water partition coefficient (Wildman–Crippen LogP) is 1.93. The molecule has 0 bridgehead atoms. The second-order valence-corrected chi connectivity index (χ2v) is 4.56. The van der Waals surface area contributed by atoms with Gasteiger partial charge in [-0.2, -0.15) is 0 Å². The summed E-state index contributed by atoms with van der Waals surface area (Å²) in [5.74, 6) is -0.0244. The van der Waals surface area contributed by atoms with Gasteiger partial charge in [-0.1, -0.05) is 19.1 Å². The van der Waals surface area contributed by atoms with Gasteiger partial charge in [-0.15, -0.1) is 0 Å². The molecule has 1 aliphatic rings. The molecule has 0 aliphatic carbocycles. The van der Waals surface area contributed by atoms with Crippen molar-refractivity contribution in [3.05, 3.63) is 29.8 Å². The van der Waals surface area contributed by atoms with Crippen LogP contribution in [0.3, 0.4) is 0 Å². The van der Waals surface area contributed by atoms with Crippen LogP contribution in [0.2, 0.25) is 0 Å². The molecule has 0 aromatic heterocycles. The molecule has 1 aromatic rings. The minimum atomic E-state index is -0.0486. The first kappa shape index (κ1) is 13.1. The third kappa shape index (κ3) is 2.89. The Hall–Kier alpha value is -1.39. The van der Waals surface area contributed by atoms with Gasteiger partial charge in [0.05, 0.1) is 18.6 Å². The van der Waals surface area contributed by atoms with Gasteiger partial charge in [0.25, 0.3) is 0 Å². The molecule has 0 saturated carbocycles. The monoisotopic (exact) mass is 249 g/mol. The lowest BCUT2D eigenvalue weighted by molar-refractivity contribution is -0.121. The molecule has 1 aliphatic heterocycles. The molecule has 1 aromatic carbocycles. The van der Waals surface area contributed by atoms with Crippen molar-refractivity contribution in [3.8, 4) is 0 Å². The lowest BCUT2D eigenvalue weighted by Crippen LogP contribution is -2.29. The van der Waals surface area contributed by atoms with Crippen LogP contribution < -0.4 is 5.32 Å². The van der Waals surface area contributed by atoms with Crippen molar-refractivity contribution < 1.29 is 14.6 Å². The maximum Gasteiger partial charge on any atom is 0.230 e. The fourth-order valence-corrected chi connectivity index (χ4v) is 2.28. The number of aliphatic hydroxyl groups excluding tert-OH is 1. The predicted molar refractivity (Wildman–Crippen MR) is 69.1 cm³/mol. The van der Waals surface area contributed by atoms with E-state index in [1.165, 1.54) is 0 Å². The third-order valence-electron chi connectivity index (χ3n) is 3.35. The SMILES string of the molecule is CCC1OCCC1C(=O)Nc1ccc(CO)cc1. The zero-order valence-electron chi connectivity index (χ0n) is 10.6. The van der Waals surface area contributed by atoms with Crippen molar-refractivity contribution in [2.45, 2.75) is 32.5 Å². The van der Waals surface area contributed by atoms with Crippen molar-refractivity contribution in [1.29, 1.82) is 0 Å². The van der Waals surface area contributed by atoms with Gasteiger partial charge in [0.1, 0.15) is 0 Å². The van der Waals surface area contributed by atoms with E-state index in [0.717, 1.165) is 24.1 Å². The van der Waals surface area contributed by atoms with Crippen LogP contribution in [0.1, 0.15) is 25.3 Å². The Morgan fingerprint density at radius 1 is 1.44 bits per heavy atom. The fourth-order valence-electron chi connectivity index (χ4n) is 2.28. The first-order valence-corrected chi connectivity index (χ1v) is 6.37. The Morgan fingerprint density at radius 2 is 2.17 bits per heavy atom. The molecular formula is C14H19NO3. The minimum Gasteiger partial charge on any atom is -0.392 e. The Kier molecular flexibility index (Phi) is 4.33. The average molecular weight is 249 g/mol. The molecule has 0 spiro atoms. The third-order valence-corrected chi connectivity index (χ3v) is 3.35. The molecule has 2 unspecified atom stereocenters. The number of carbonyl (C=O) groups is 1. The highest BCUT2D eigenvalue weighted by Gasteiger charge is 2.32. The van der Waals surface area contributed by atoms with Crippen molar-refractivity contribution >= 4 is 11.6 Å². The number of hydrogen-bond donors (Lipinski definition) is 2. The number of aliphatic hydroxyl groups is 1. The summed E-state index contributed by atoms with van der Waals surface area (Å²) < 4.78 is 5.52. The molecule has 2 atom stereocenters. The number of carbonyl (C=O) groups excluding carboxylic acids is 1. The van der Waals surface area contributed by atoms with E-state index in [2.05, 4.69) is 5.32 Å². The lowest BCUT2D eigenvalue weighted by Gasteiger charge is -2.16. The molecule has 98 valence electrons. The number of amides is 1. The number of benzene rings is 1. The summed E-state index contributed by atoms with van der Waals surface area (Å²) >= 11 is 0. The van der Waals surface area contributed by atoms with Crippen LogP contribution >= 0.6 is 0 Å². The molecule has 4 nitrogen and oxygen atoms in total. The number of rotatable bonds is 4. The highest BCUT2D eigenvalue weighted by molar-refractivity contribution is 5.93. The van der Waals surface area contributed by atoms with Crippen LogP contribution in [0.15, 0.2) is 24.3 Å². The molecule has 18 heavy (non-hydrogen) atoms. The van der Waals surface area contributed by atoms with Crippen LogP contribution in [0.25, 0.3) is 0 Å². The molecule has 1 fully saturated rings. The molecule has 1 saturated heterocycles. The number of ether oxygens (including phenoxy) is 1. The van der Waals surface area contributed by atoms with Gasteiger partial charge in [0.15, 0.2) is 0 Å². The molecule has 0 radical (unpaired) electrons. The zero-order valence-corrected chi connectivity index (χ0v) is 10.6. The molecule has 2 rings (SSSR count). The second-order valence-electron chi connectivity index (χ2n) is 4.56. The van der Waals surface area contributed by atoms with E-state index in [1.54, 1.807) is 24.3 Å². The van der Waals surface area contributed by atoms with Crippen molar-refractivity contribution in [3.63, 3.8) is 0 Å². The van der Waals surface area contributed by atoms with E-state index in [4.69, 9.17) is 9.84 Å². The van der Waals surface area contributed by atoms with E-state index < -0.39 is 0 Å². The van der Waals surface area contributed by atoms with Gasteiger partial charge < -0.3 is 15.2 Å². The molecule has 1 amide bonds. The average Bonchev–Trinajstić information content (AvgIpc) is 2.88. The lowest BCUT2D eigenvalue weighted by atomic mass is 9.98. The topological polar surface area (TPSA) is 58.6 Å². The number of anilines is 1. The smallest absolute Gasteiger partial charge is 0.230 e. The zero-order chi connectivity index (χ0) is 13.0. The summed E-state index contributed by atoms with van der Waals surface area (Å²) in [6, 6.07) is 7.22. The van der Waals surface area contributed by atoms with Crippen molar-refractivity contribution in [2.24, 2.45) is 5.92 Å². The maximum atomic E-state index is 12.1. The first-order valence-electron chi connectivity index (χ1n) is 6.37. The van der Waals surface area contributed by atoms with Gasteiger partial charge in [0, 0.05) is 12.3 Å². The molecule has 2 N–H and O–H groups in total. The summed E-state index contributed by atoms with van der Waals surface area (Å²) in [4.78, 5) is 12.1. The van der Waals surface area contributed by atoms with Crippen LogP contribution in [0.5, 0.6) is 0 Å². The van der Waals surface area contributed by atoms with Crippen LogP contribution in [0, 0.1) is 5.92 Å². The Balaban J connectivity index is 1.97. The molecule has 1 heterocycles. The minimum absolute atomic E-state index is 0.0165. The van der Waals surface area contributed by atoms with E-state index in [-0.39, 0.29) is 24.5 Å². The van der Waals surface area contributed by atoms with E-state index in [0.29, 0.717) is 6.61 Å². The van der Waals surface area contributed by atoms with Crippen molar-refractivity contribution in [1.82, 2.24) is 0 Å². The summed E-state index contributed by atoms with van der Waals surface area (Å²) in [5.41, 5.74) is 1.60. The van der Waals surface area contributed by atoms with Gasteiger partial charge in [-0.05, 0) is 30.5 Å². The summed E-state index contributed by atoms with van der Waals surface area (Å²) in [7, 11) is 0. The normalized spacial score (nSPS) is 23.0. The fraction of sp³-hybridized carbons (Fsp3) is 0.500. The summed E-state index contributed by atoms with van der Waals surface area (Å²) in [6.45, 7) is 2.72. The molecular weight excluding hydrogens is 230 g/mol.